The third-order valence-electron chi connectivity index (χ3n) is 3.11. The predicted molar refractivity (Wildman–Crippen MR) is 62.5 cm³/mol. The number of aliphatic carboxylic acids is 1. The van der Waals surface area contributed by atoms with E-state index in [0.29, 0.717) is 13.0 Å². The molecule has 1 aliphatic heterocycles. The molecule has 98 valence electrons. The molecule has 0 aliphatic carbocycles. The van der Waals surface area contributed by atoms with Crippen molar-refractivity contribution in [3.63, 3.8) is 0 Å². The van der Waals surface area contributed by atoms with Gasteiger partial charge in [-0.2, -0.15) is 0 Å². The zero-order valence-corrected chi connectivity index (χ0v) is 10.8. The molecule has 2 N–H and O–H groups in total. The summed E-state index contributed by atoms with van der Waals surface area (Å²) < 4.78 is 5.31. The minimum Gasteiger partial charge on any atom is -0.480 e. The highest BCUT2D eigenvalue weighted by molar-refractivity contribution is 5.85. The van der Waals surface area contributed by atoms with Crippen molar-refractivity contribution in [3.05, 3.63) is 0 Å². The number of hydrogen-bond acceptors (Lipinski definition) is 3. The van der Waals surface area contributed by atoms with Crippen LogP contribution in [0, 0.1) is 11.3 Å². The molecule has 0 aromatic heterocycles. The normalized spacial score (nSPS) is 26.6. The van der Waals surface area contributed by atoms with Gasteiger partial charge in [0.15, 0.2) is 0 Å². The van der Waals surface area contributed by atoms with Crippen LogP contribution in [-0.4, -0.2) is 35.7 Å². The molecule has 0 aromatic carbocycles. The lowest BCUT2D eigenvalue weighted by atomic mass is 9.86. The van der Waals surface area contributed by atoms with Crippen molar-refractivity contribution in [3.8, 4) is 0 Å². The SMILES string of the molecule is CC1OCCC1C(=O)N[C@@H](C(=O)O)C(C)(C)C. The molecule has 0 saturated carbocycles. The van der Waals surface area contributed by atoms with Crippen molar-refractivity contribution >= 4 is 11.9 Å². The maximum Gasteiger partial charge on any atom is 0.326 e. The summed E-state index contributed by atoms with van der Waals surface area (Å²) in [7, 11) is 0. The molecule has 5 nitrogen and oxygen atoms in total. The van der Waals surface area contributed by atoms with Crippen molar-refractivity contribution in [2.75, 3.05) is 6.61 Å². The fourth-order valence-corrected chi connectivity index (χ4v) is 1.97. The predicted octanol–water partition coefficient (Wildman–Crippen LogP) is 1.03. The van der Waals surface area contributed by atoms with Gasteiger partial charge in [-0.1, -0.05) is 20.8 Å². The van der Waals surface area contributed by atoms with Crippen LogP contribution in [0.4, 0.5) is 0 Å². The molecule has 1 amide bonds. The van der Waals surface area contributed by atoms with E-state index < -0.39 is 17.4 Å². The molecule has 3 atom stereocenters. The quantitative estimate of drug-likeness (QED) is 0.776. The largest absolute Gasteiger partial charge is 0.480 e. The van der Waals surface area contributed by atoms with Crippen molar-refractivity contribution in [1.29, 1.82) is 0 Å². The van der Waals surface area contributed by atoms with E-state index in [1.54, 1.807) is 20.8 Å². The monoisotopic (exact) mass is 243 g/mol. The fourth-order valence-electron chi connectivity index (χ4n) is 1.97. The second-order valence-electron chi connectivity index (χ2n) is 5.62. The first-order valence-corrected chi connectivity index (χ1v) is 5.88. The highest BCUT2D eigenvalue weighted by Gasteiger charge is 2.37. The molecule has 0 aromatic rings. The van der Waals surface area contributed by atoms with Crippen LogP contribution in [-0.2, 0) is 14.3 Å². The second kappa shape index (κ2) is 5.04. The maximum atomic E-state index is 12.0. The fraction of sp³-hybridized carbons (Fsp3) is 0.833. The Balaban J connectivity index is 2.68. The van der Waals surface area contributed by atoms with E-state index in [4.69, 9.17) is 9.84 Å². The van der Waals surface area contributed by atoms with Crippen LogP contribution in [0.1, 0.15) is 34.1 Å². The molecular weight excluding hydrogens is 222 g/mol. The average molecular weight is 243 g/mol. The third-order valence-corrected chi connectivity index (χ3v) is 3.11. The molecule has 0 spiro atoms. The van der Waals surface area contributed by atoms with E-state index in [1.807, 2.05) is 6.92 Å². The third kappa shape index (κ3) is 3.43. The van der Waals surface area contributed by atoms with Gasteiger partial charge in [0, 0.05) is 6.61 Å². The first-order chi connectivity index (χ1) is 7.73. The molecule has 1 rings (SSSR count). The second-order valence-corrected chi connectivity index (χ2v) is 5.62. The maximum absolute atomic E-state index is 12.0. The Morgan fingerprint density at radius 3 is 2.35 bits per heavy atom. The van der Waals surface area contributed by atoms with Gasteiger partial charge < -0.3 is 15.2 Å². The summed E-state index contributed by atoms with van der Waals surface area (Å²) in [6.07, 6.45) is 0.521. The van der Waals surface area contributed by atoms with Gasteiger partial charge in [-0.3, -0.25) is 4.79 Å². The van der Waals surface area contributed by atoms with Gasteiger partial charge >= 0.3 is 5.97 Å². The molecule has 1 heterocycles. The summed E-state index contributed by atoms with van der Waals surface area (Å²) in [6, 6.07) is -0.872. The molecule has 17 heavy (non-hydrogen) atoms. The Kier molecular flexibility index (Phi) is 4.14. The van der Waals surface area contributed by atoms with Crippen LogP contribution in [0.5, 0.6) is 0 Å². The first-order valence-electron chi connectivity index (χ1n) is 5.88. The molecule has 2 unspecified atom stereocenters. The van der Waals surface area contributed by atoms with Crippen LogP contribution in [0.2, 0.25) is 0 Å². The topological polar surface area (TPSA) is 75.6 Å². The summed E-state index contributed by atoms with van der Waals surface area (Å²) >= 11 is 0. The van der Waals surface area contributed by atoms with E-state index in [1.165, 1.54) is 0 Å². The Labute approximate surface area is 102 Å². The highest BCUT2D eigenvalue weighted by Crippen LogP contribution is 2.23. The van der Waals surface area contributed by atoms with Gasteiger partial charge in [0.2, 0.25) is 5.91 Å². The van der Waals surface area contributed by atoms with Crippen molar-refractivity contribution in [2.45, 2.75) is 46.3 Å². The van der Waals surface area contributed by atoms with Crippen LogP contribution in [0.3, 0.4) is 0 Å². The Hall–Kier alpha value is -1.10. The molecule has 5 heteroatoms. The number of carbonyl (C=O) groups excluding carboxylic acids is 1. The summed E-state index contributed by atoms with van der Waals surface area (Å²) in [6.45, 7) is 7.78. The molecular formula is C12H21NO4. The summed E-state index contributed by atoms with van der Waals surface area (Å²) in [5, 5.41) is 11.7. The van der Waals surface area contributed by atoms with Gasteiger partial charge in [-0.15, -0.1) is 0 Å². The Morgan fingerprint density at radius 1 is 1.41 bits per heavy atom. The average Bonchev–Trinajstić information content (AvgIpc) is 2.58. The zero-order valence-electron chi connectivity index (χ0n) is 10.8. The lowest BCUT2D eigenvalue weighted by molar-refractivity contribution is -0.145. The standard InChI is InChI=1S/C12H21NO4/c1-7-8(5-6-17-7)10(14)13-9(11(15)16)12(2,3)4/h7-9H,5-6H2,1-4H3,(H,13,14)(H,15,16)/t7?,8?,9-/m0/s1. The van der Waals surface area contributed by atoms with Crippen molar-refractivity contribution in [2.24, 2.45) is 11.3 Å². The molecule has 0 radical (unpaired) electrons. The van der Waals surface area contributed by atoms with Gasteiger partial charge in [-0.05, 0) is 18.8 Å². The number of carbonyl (C=O) groups is 2. The van der Waals surface area contributed by atoms with Crippen molar-refractivity contribution in [1.82, 2.24) is 5.32 Å². The summed E-state index contributed by atoms with van der Waals surface area (Å²) in [5.41, 5.74) is -0.510. The van der Waals surface area contributed by atoms with Crippen LogP contribution >= 0.6 is 0 Å². The van der Waals surface area contributed by atoms with E-state index in [2.05, 4.69) is 5.32 Å². The Bertz CT molecular complexity index is 308. The molecule has 1 aliphatic rings. The number of carboxylic acid groups (broad SMARTS) is 1. The minimum atomic E-state index is -1.00. The number of nitrogens with one attached hydrogen (secondary N) is 1. The molecule has 1 fully saturated rings. The number of carboxylic acids is 1. The molecule has 0 bridgehead atoms. The number of rotatable bonds is 3. The van der Waals surface area contributed by atoms with Gasteiger partial charge in [-0.25, -0.2) is 4.79 Å². The minimum absolute atomic E-state index is 0.135. The Morgan fingerprint density at radius 2 is 2.00 bits per heavy atom. The highest BCUT2D eigenvalue weighted by atomic mass is 16.5. The lowest BCUT2D eigenvalue weighted by Crippen LogP contribution is -2.51. The molecule has 1 saturated heterocycles. The van der Waals surface area contributed by atoms with Gasteiger partial charge in [0.25, 0.3) is 0 Å². The van der Waals surface area contributed by atoms with Crippen molar-refractivity contribution < 1.29 is 19.4 Å². The van der Waals surface area contributed by atoms with Crippen LogP contribution in [0.25, 0.3) is 0 Å². The van der Waals surface area contributed by atoms with E-state index in [-0.39, 0.29) is 17.9 Å². The summed E-state index contributed by atoms with van der Waals surface area (Å²) in [5.74, 6) is -1.46. The van der Waals surface area contributed by atoms with Gasteiger partial charge in [0.05, 0.1) is 12.0 Å². The van der Waals surface area contributed by atoms with Crippen LogP contribution < -0.4 is 5.32 Å². The summed E-state index contributed by atoms with van der Waals surface area (Å²) in [4.78, 5) is 23.1. The lowest BCUT2D eigenvalue weighted by Gasteiger charge is -2.29. The smallest absolute Gasteiger partial charge is 0.326 e. The number of hydrogen-bond donors (Lipinski definition) is 2. The van der Waals surface area contributed by atoms with E-state index in [0.717, 1.165) is 0 Å². The zero-order chi connectivity index (χ0) is 13.2. The number of ether oxygens (including phenoxy) is 1. The van der Waals surface area contributed by atoms with Crippen LogP contribution in [0.15, 0.2) is 0 Å². The van der Waals surface area contributed by atoms with Gasteiger partial charge in [0.1, 0.15) is 6.04 Å². The first kappa shape index (κ1) is 14.0. The number of amides is 1. The van der Waals surface area contributed by atoms with E-state index in [9.17, 15) is 9.59 Å². The van der Waals surface area contributed by atoms with E-state index >= 15 is 0 Å².